The minimum Gasteiger partial charge on any atom is -0.387 e. The molecule has 3 heterocycles. The first-order valence-electron chi connectivity index (χ1n) is 6.89. The molecule has 0 saturated carbocycles. The second-order valence-electron chi connectivity index (χ2n) is 5.23. The fraction of sp³-hybridized carbons (Fsp3) is 0.417. The first kappa shape index (κ1) is 17.7. The van der Waals surface area contributed by atoms with Gasteiger partial charge in [-0.25, -0.2) is 19.5 Å². The molecule has 1 aliphatic rings. The van der Waals surface area contributed by atoms with Gasteiger partial charge in [-0.15, -0.1) is 6.42 Å². The predicted octanol–water partition coefficient (Wildman–Crippen LogP) is -1.88. The molecule has 0 spiro atoms. The second kappa shape index (κ2) is 6.32. The summed E-state index contributed by atoms with van der Waals surface area (Å²) in [5.41, 5.74) is 6.14. The molecular formula is C12H14N5O7P. The summed E-state index contributed by atoms with van der Waals surface area (Å²) in [5.74, 6) is 2.27. The monoisotopic (exact) mass is 371 g/mol. The Hall–Kier alpha value is -2.10. The van der Waals surface area contributed by atoms with Crippen molar-refractivity contribution in [3.63, 3.8) is 0 Å². The van der Waals surface area contributed by atoms with Crippen molar-refractivity contribution in [2.45, 2.75) is 24.5 Å². The fourth-order valence-electron chi connectivity index (χ4n) is 2.46. The van der Waals surface area contributed by atoms with Gasteiger partial charge in [-0.05, 0) is 5.92 Å². The van der Waals surface area contributed by atoms with E-state index in [1.807, 2.05) is 0 Å². The first-order chi connectivity index (χ1) is 11.7. The zero-order chi connectivity index (χ0) is 18.4. The highest BCUT2D eigenvalue weighted by Crippen LogP contribution is 2.38. The quantitative estimate of drug-likeness (QED) is 0.299. The maximum atomic E-state index is 10.8. The molecule has 0 bridgehead atoms. The van der Waals surface area contributed by atoms with Crippen molar-refractivity contribution in [3.8, 4) is 12.3 Å². The van der Waals surface area contributed by atoms with Gasteiger partial charge in [0.25, 0.3) is 0 Å². The van der Waals surface area contributed by atoms with Crippen LogP contribution >= 0.6 is 7.82 Å². The van der Waals surface area contributed by atoms with Gasteiger partial charge in [0.15, 0.2) is 17.7 Å². The molecule has 0 amide bonds. The molecule has 1 aliphatic heterocycles. The van der Waals surface area contributed by atoms with Gasteiger partial charge in [0.05, 0.1) is 12.9 Å². The summed E-state index contributed by atoms with van der Waals surface area (Å²) in [7, 11) is -4.75. The average Bonchev–Trinajstić information content (AvgIpc) is 3.08. The number of aliphatic hydroxyl groups is 2. The Labute approximate surface area is 140 Å². The lowest BCUT2D eigenvalue weighted by Gasteiger charge is -2.16. The summed E-state index contributed by atoms with van der Waals surface area (Å²) >= 11 is 0. The standard InChI is InChI=1S/C12H14N5O7P/c1-2-6-15-10(13)7-11(16-6)17(4-14-7)12-9(19)8(18)5(24-12)3-23-25(20,21)22/h1,4-5,8-9,12,18-19H,3H2,(H2,13,15,16)(H2,20,21,22)/t5-,8-,9-,12-/m1/s1. The van der Waals surface area contributed by atoms with Crippen molar-refractivity contribution in [1.29, 1.82) is 0 Å². The van der Waals surface area contributed by atoms with Crippen molar-refractivity contribution in [3.05, 3.63) is 12.2 Å². The molecule has 1 saturated heterocycles. The Morgan fingerprint density at radius 1 is 1.40 bits per heavy atom. The number of imidazole rings is 1. The third-order valence-electron chi connectivity index (χ3n) is 3.60. The molecule has 3 rings (SSSR count). The summed E-state index contributed by atoms with van der Waals surface area (Å²) in [6.45, 7) is -0.627. The van der Waals surface area contributed by atoms with Crippen LogP contribution in [0, 0.1) is 12.3 Å². The first-order valence-corrected chi connectivity index (χ1v) is 8.42. The van der Waals surface area contributed by atoms with E-state index in [4.69, 9.17) is 26.7 Å². The molecule has 4 atom stereocenters. The largest absolute Gasteiger partial charge is 0.469 e. The van der Waals surface area contributed by atoms with Crippen LogP contribution in [-0.4, -0.2) is 64.4 Å². The van der Waals surface area contributed by atoms with Gasteiger partial charge in [0, 0.05) is 0 Å². The molecule has 0 radical (unpaired) electrons. The summed E-state index contributed by atoms with van der Waals surface area (Å²) in [5, 5.41) is 20.2. The zero-order valence-corrected chi connectivity index (χ0v) is 13.4. The van der Waals surface area contributed by atoms with Crippen LogP contribution in [0.25, 0.3) is 11.2 Å². The summed E-state index contributed by atoms with van der Waals surface area (Å²) in [6.07, 6.45) is 1.30. The van der Waals surface area contributed by atoms with E-state index in [9.17, 15) is 14.8 Å². The number of terminal acetylenes is 1. The average molecular weight is 371 g/mol. The van der Waals surface area contributed by atoms with Gasteiger partial charge >= 0.3 is 7.82 Å². The van der Waals surface area contributed by atoms with Crippen LogP contribution < -0.4 is 5.73 Å². The lowest BCUT2D eigenvalue weighted by molar-refractivity contribution is -0.0504. The number of aromatic nitrogens is 4. The van der Waals surface area contributed by atoms with Gasteiger partial charge in [-0.3, -0.25) is 9.09 Å². The number of hydrogen-bond donors (Lipinski definition) is 5. The van der Waals surface area contributed by atoms with E-state index in [-0.39, 0.29) is 22.8 Å². The number of aliphatic hydroxyl groups excluding tert-OH is 2. The zero-order valence-electron chi connectivity index (χ0n) is 12.5. The van der Waals surface area contributed by atoms with Crippen LogP contribution in [0.5, 0.6) is 0 Å². The maximum absolute atomic E-state index is 10.8. The molecule has 2 aromatic heterocycles. The Balaban J connectivity index is 1.92. The van der Waals surface area contributed by atoms with Crippen LogP contribution in [0.4, 0.5) is 5.82 Å². The lowest BCUT2D eigenvalue weighted by atomic mass is 10.1. The molecule has 12 nitrogen and oxygen atoms in total. The van der Waals surface area contributed by atoms with Crippen LogP contribution in [0.1, 0.15) is 12.1 Å². The predicted molar refractivity (Wildman–Crippen MR) is 81.6 cm³/mol. The Bertz CT molecular complexity index is 890. The molecular weight excluding hydrogens is 357 g/mol. The number of nitrogens with two attached hydrogens (primary N) is 1. The minimum atomic E-state index is -4.75. The summed E-state index contributed by atoms with van der Waals surface area (Å²) < 4.78 is 21.8. The van der Waals surface area contributed by atoms with Crippen molar-refractivity contribution in [2.24, 2.45) is 0 Å². The fourth-order valence-corrected chi connectivity index (χ4v) is 2.80. The number of anilines is 1. The number of nitrogen functional groups attached to an aromatic ring is 1. The number of nitrogens with zero attached hydrogens (tertiary/aromatic N) is 4. The van der Waals surface area contributed by atoms with Crippen molar-refractivity contribution in [1.82, 2.24) is 19.5 Å². The Morgan fingerprint density at radius 3 is 2.76 bits per heavy atom. The van der Waals surface area contributed by atoms with E-state index in [2.05, 4.69) is 25.4 Å². The Morgan fingerprint density at radius 2 is 2.12 bits per heavy atom. The normalized spacial score (nSPS) is 26.8. The number of phosphoric acid groups is 1. The number of phosphoric ester groups is 1. The van der Waals surface area contributed by atoms with Crippen LogP contribution in [0.2, 0.25) is 0 Å². The van der Waals surface area contributed by atoms with E-state index in [1.54, 1.807) is 0 Å². The Kier molecular flexibility index (Phi) is 4.48. The lowest BCUT2D eigenvalue weighted by Crippen LogP contribution is -2.33. The third-order valence-corrected chi connectivity index (χ3v) is 4.08. The molecule has 13 heteroatoms. The maximum Gasteiger partial charge on any atom is 0.469 e. The number of ether oxygens (including phenoxy) is 1. The summed E-state index contributed by atoms with van der Waals surface area (Å²) in [4.78, 5) is 29.4. The smallest absolute Gasteiger partial charge is 0.387 e. The minimum absolute atomic E-state index is 0.00108. The molecule has 2 aromatic rings. The molecule has 25 heavy (non-hydrogen) atoms. The molecule has 0 aliphatic carbocycles. The van der Waals surface area contributed by atoms with E-state index < -0.39 is 39.0 Å². The van der Waals surface area contributed by atoms with Gasteiger partial charge in [-0.1, -0.05) is 0 Å². The van der Waals surface area contributed by atoms with Crippen molar-refractivity contribution >= 4 is 24.8 Å². The molecule has 134 valence electrons. The summed E-state index contributed by atoms with van der Waals surface area (Å²) in [6, 6.07) is 0. The van der Waals surface area contributed by atoms with Gasteiger partial charge in [0.2, 0.25) is 5.82 Å². The van der Waals surface area contributed by atoms with Crippen molar-refractivity contribution < 1.29 is 33.8 Å². The molecule has 0 unspecified atom stereocenters. The number of hydrogen-bond acceptors (Lipinski definition) is 9. The highest BCUT2D eigenvalue weighted by atomic mass is 31.2. The van der Waals surface area contributed by atoms with Crippen LogP contribution in [-0.2, 0) is 13.8 Å². The topological polar surface area (TPSA) is 186 Å². The highest BCUT2D eigenvalue weighted by Gasteiger charge is 2.45. The van der Waals surface area contributed by atoms with Crippen LogP contribution in [0.3, 0.4) is 0 Å². The van der Waals surface area contributed by atoms with E-state index in [0.29, 0.717) is 0 Å². The van der Waals surface area contributed by atoms with E-state index >= 15 is 0 Å². The van der Waals surface area contributed by atoms with E-state index in [0.717, 1.165) is 0 Å². The third kappa shape index (κ3) is 3.35. The number of rotatable bonds is 4. The van der Waals surface area contributed by atoms with E-state index in [1.165, 1.54) is 10.9 Å². The second-order valence-corrected chi connectivity index (χ2v) is 6.47. The van der Waals surface area contributed by atoms with Crippen molar-refractivity contribution in [2.75, 3.05) is 12.3 Å². The molecule has 1 fully saturated rings. The van der Waals surface area contributed by atoms with Gasteiger partial charge in [-0.2, -0.15) is 0 Å². The van der Waals surface area contributed by atoms with Gasteiger partial charge < -0.3 is 30.5 Å². The molecule has 6 N–H and O–H groups in total. The van der Waals surface area contributed by atoms with Crippen LogP contribution in [0.15, 0.2) is 6.33 Å². The van der Waals surface area contributed by atoms with Gasteiger partial charge in [0.1, 0.15) is 23.8 Å². The number of fused-ring (bicyclic) bond motifs is 1. The SMILES string of the molecule is C#Cc1nc(N)c2ncn([C@@H]3O[C@H](COP(=O)(O)O)[C@@H](O)[C@H]3O)c2n1. The highest BCUT2D eigenvalue weighted by molar-refractivity contribution is 7.46. The molecule has 0 aromatic carbocycles.